The summed E-state index contributed by atoms with van der Waals surface area (Å²) in [7, 11) is 0. The van der Waals surface area contributed by atoms with Crippen molar-refractivity contribution in [2.24, 2.45) is 5.41 Å². The Labute approximate surface area is 73.2 Å². The summed E-state index contributed by atoms with van der Waals surface area (Å²) in [6, 6.07) is -0.345. The maximum Gasteiger partial charge on any atom is 0.320 e. The highest BCUT2D eigenvalue weighted by atomic mass is 16.4. The van der Waals surface area contributed by atoms with Crippen molar-refractivity contribution >= 4 is 5.97 Å². The van der Waals surface area contributed by atoms with Gasteiger partial charge in [0.25, 0.3) is 0 Å². The number of aliphatic carboxylic acids is 1. The van der Waals surface area contributed by atoms with Gasteiger partial charge in [-0.15, -0.1) is 0 Å². The van der Waals surface area contributed by atoms with Crippen LogP contribution in [0.3, 0.4) is 0 Å². The fourth-order valence-corrected chi connectivity index (χ4v) is 1.74. The Morgan fingerprint density at radius 1 is 1.58 bits per heavy atom. The van der Waals surface area contributed by atoms with Crippen LogP contribution in [0.2, 0.25) is 0 Å². The van der Waals surface area contributed by atoms with Crippen LogP contribution in [0.1, 0.15) is 33.1 Å². The van der Waals surface area contributed by atoms with Crippen molar-refractivity contribution in [3.8, 4) is 0 Å². The van der Waals surface area contributed by atoms with Crippen molar-refractivity contribution in [1.29, 1.82) is 0 Å². The summed E-state index contributed by atoms with van der Waals surface area (Å²) in [5.74, 6) is -0.718. The topological polar surface area (TPSA) is 49.3 Å². The van der Waals surface area contributed by atoms with Crippen LogP contribution in [-0.2, 0) is 4.79 Å². The zero-order valence-corrected chi connectivity index (χ0v) is 7.76. The van der Waals surface area contributed by atoms with Crippen molar-refractivity contribution in [2.45, 2.75) is 39.2 Å². The Kier molecular flexibility index (Phi) is 2.73. The molecule has 1 fully saturated rings. The van der Waals surface area contributed by atoms with Crippen molar-refractivity contribution < 1.29 is 9.90 Å². The lowest BCUT2D eigenvalue weighted by Gasteiger charge is -2.24. The third kappa shape index (κ3) is 2.48. The van der Waals surface area contributed by atoms with Gasteiger partial charge in [0.05, 0.1) is 0 Å². The molecule has 0 aromatic heterocycles. The molecule has 3 heteroatoms. The normalized spacial score (nSPS) is 29.3. The SMILES string of the molecule is CC1(C)CCCN[C@H](C(=O)O)C1. The lowest BCUT2D eigenvalue weighted by Crippen LogP contribution is -2.37. The van der Waals surface area contributed by atoms with E-state index in [4.69, 9.17) is 5.11 Å². The first-order chi connectivity index (χ1) is 5.51. The Morgan fingerprint density at radius 3 is 2.83 bits per heavy atom. The van der Waals surface area contributed by atoms with Gasteiger partial charge in [-0.25, -0.2) is 0 Å². The van der Waals surface area contributed by atoms with Gasteiger partial charge < -0.3 is 10.4 Å². The van der Waals surface area contributed by atoms with Crippen LogP contribution in [0.4, 0.5) is 0 Å². The number of hydrogen-bond donors (Lipinski definition) is 2. The number of carboxylic acid groups (broad SMARTS) is 1. The molecule has 0 amide bonds. The molecule has 1 heterocycles. The van der Waals surface area contributed by atoms with Crippen LogP contribution < -0.4 is 5.32 Å². The van der Waals surface area contributed by atoms with Crippen molar-refractivity contribution in [3.63, 3.8) is 0 Å². The molecule has 1 aliphatic heterocycles. The zero-order chi connectivity index (χ0) is 9.19. The monoisotopic (exact) mass is 171 g/mol. The summed E-state index contributed by atoms with van der Waals surface area (Å²) >= 11 is 0. The molecular weight excluding hydrogens is 154 g/mol. The molecule has 0 saturated carbocycles. The molecule has 0 aromatic rings. The number of rotatable bonds is 1. The summed E-state index contributed by atoms with van der Waals surface area (Å²) in [4.78, 5) is 10.7. The van der Waals surface area contributed by atoms with Crippen LogP contribution in [0.15, 0.2) is 0 Å². The first-order valence-corrected chi connectivity index (χ1v) is 4.47. The van der Waals surface area contributed by atoms with E-state index in [0.29, 0.717) is 0 Å². The number of nitrogens with one attached hydrogen (secondary N) is 1. The Bertz CT molecular complexity index is 177. The molecule has 0 aliphatic carbocycles. The minimum absolute atomic E-state index is 0.173. The molecule has 12 heavy (non-hydrogen) atoms. The van der Waals surface area contributed by atoms with Gasteiger partial charge in [0.15, 0.2) is 0 Å². The summed E-state index contributed by atoms with van der Waals surface area (Å²) in [5.41, 5.74) is 0.173. The van der Waals surface area contributed by atoms with E-state index in [0.717, 1.165) is 25.8 Å². The summed E-state index contributed by atoms with van der Waals surface area (Å²) in [6.45, 7) is 5.10. The van der Waals surface area contributed by atoms with Gasteiger partial charge in [-0.2, -0.15) is 0 Å². The smallest absolute Gasteiger partial charge is 0.320 e. The number of hydrogen-bond acceptors (Lipinski definition) is 2. The largest absolute Gasteiger partial charge is 0.480 e. The van der Waals surface area contributed by atoms with Gasteiger partial charge in [-0.1, -0.05) is 13.8 Å². The van der Waals surface area contributed by atoms with E-state index in [1.54, 1.807) is 0 Å². The first kappa shape index (κ1) is 9.52. The summed E-state index contributed by atoms with van der Waals surface area (Å²) in [5, 5.41) is 11.9. The highest BCUT2D eigenvalue weighted by Crippen LogP contribution is 2.30. The lowest BCUT2D eigenvalue weighted by molar-refractivity contribution is -0.140. The Hall–Kier alpha value is -0.570. The minimum Gasteiger partial charge on any atom is -0.480 e. The van der Waals surface area contributed by atoms with Gasteiger partial charge in [0.2, 0.25) is 0 Å². The van der Waals surface area contributed by atoms with Crippen LogP contribution in [0, 0.1) is 5.41 Å². The van der Waals surface area contributed by atoms with E-state index < -0.39 is 5.97 Å². The molecule has 1 rings (SSSR count). The molecule has 1 aliphatic rings. The predicted molar refractivity (Wildman–Crippen MR) is 47.1 cm³/mol. The van der Waals surface area contributed by atoms with Gasteiger partial charge in [0, 0.05) is 0 Å². The first-order valence-electron chi connectivity index (χ1n) is 4.47. The van der Waals surface area contributed by atoms with E-state index in [1.165, 1.54) is 0 Å². The Morgan fingerprint density at radius 2 is 2.25 bits per heavy atom. The average molecular weight is 171 g/mol. The van der Waals surface area contributed by atoms with Crippen LogP contribution >= 0.6 is 0 Å². The second-order valence-electron chi connectivity index (χ2n) is 4.32. The fraction of sp³-hybridized carbons (Fsp3) is 0.889. The van der Waals surface area contributed by atoms with Crippen LogP contribution in [-0.4, -0.2) is 23.7 Å². The molecule has 0 unspecified atom stereocenters. The van der Waals surface area contributed by atoms with Crippen LogP contribution in [0.25, 0.3) is 0 Å². The third-order valence-corrected chi connectivity index (χ3v) is 2.48. The highest BCUT2D eigenvalue weighted by molar-refractivity contribution is 5.73. The molecular formula is C9H17NO2. The van der Waals surface area contributed by atoms with Crippen molar-refractivity contribution in [3.05, 3.63) is 0 Å². The molecule has 0 bridgehead atoms. The molecule has 0 aromatic carbocycles. The number of carboxylic acids is 1. The molecule has 1 atom stereocenters. The molecule has 2 N–H and O–H groups in total. The van der Waals surface area contributed by atoms with E-state index in [-0.39, 0.29) is 11.5 Å². The Balaban J connectivity index is 2.60. The maximum atomic E-state index is 10.7. The van der Waals surface area contributed by atoms with E-state index in [9.17, 15) is 4.79 Å². The summed E-state index contributed by atoms with van der Waals surface area (Å²) in [6.07, 6.45) is 2.93. The standard InChI is InChI=1S/C9H17NO2/c1-9(2)4-3-5-10-7(6-9)8(11)12/h7,10H,3-6H2,1-2H3,(H,11,12)/t7-/m0/s1. The quantitative estimate of drug-likeness (QED) is 0.624. The van der Waals surface area contributed by atoms with Crippen molar-refractivity contribution in [1.82, 2.24) is 5.32 Å². The third-order valence-electron chi connectivity index (χ3n) is 2.48. The molecule has 3 nitrogen and oxygen atoms in total. The fourth-order valence-electron chi connectivity index (χ4n) is 1.74. The molecule has 70 valence electrons. The van der Waals surface area contributed by atoms with E-state index in [1.807, 2.05) is 0 Å². The number of carbonyl (C=O) groups is 1. The van der Waals surface area contributed by atoms with Crippen LogP contribution in [0.5, 0.6) is 0 Å². The molecule has 0 spiro atoms. The van der Waals surface area contributed by atoms with E-state index in [2.05, 4.69) is 19.2 Å². The average Bonchev–Trinajstić information content (AvgIpc) is 2.10. The predicted octanol–water partition coefficient (Wildman–Crippen LogP) is 1.24. The van der Waals surface area contributed by atoms with Gasteiger partial charge in [0.1, 0.15) is 6.04 Å². The lowest BCUT2D eigenvalue weighted by atomic mass is 9.83. The second-order valence-corrected chi connectivity index (χ2v) is 4.32. The van der Waals surface area contributed by atoms with Gasteiger partial charge >= 0.3 is 5.97 Å². The van der Waals surface area contributed by atoms with Gasteiger partial charge in [-0.3, -0.25) is 4.79 Å². The second kappa shape index (κ2) is 3.44. The van der Waals surface area contributed by atoms with Gasteiger partial charge in [-0.05, 0) is 31.2 Å². The minimum atomic E-state index is -0.718. The van der Waals surface area contributed by atoms with Crippen molar-refractivity contribution in [2.75, 3.05) is 6.54 Å². The maximum absolute atomic E-state index is 10.7. The molecule has 1 saturated heterocycles. The highest BCUT2D eigenvalue weighted by Gasteiger charge is 2.29. The molecule has 0 radical (unpaired) electrons. The summed E-state index contributed by atoms with van der Waals surface area (Å²) < 4.78 is 0. The zero-order valence-electron chi connectivity index (χ0n) is 7.76. The van der Waals surface area contributed by atoms with E-state index >= 15 is 0 Å².